The maximum Gasteiger partial charge on any atom is 0.276 e. The lowest BCUT2D eigenvalue weighted by molar-refractivity contribution is 0.0831. The number of aromatic amines is 2. The van der Waals surface area contributed by atoms with Crippen LogP contribution in [0.3, 0.4) is 0 Å². The van der Waals surface area contributed by atoms with Crippen molar-refractivity contribution >= 4 is 32.7 Å². The molecule has 0 spiro atoms. The summed E-state index contributed by atoms with van der Waals surface area (Å²) in [5, 5.41) is 22.3. The number of aromatic nitrogens is 8. The molecule has 0 aliphatic carbocycles. The van der Waals surface area contributed by atoms with Crippen molar-refractivity contribution in [1.82, 2.24) is 49.4 Å². The largest absolute Gasteiger partial charge is 0.381 e. The van der Waals surface area contributed by atoms with Crippen molar-refractivity contribution < 1.29 is 9.47 Å². The predicted molar refractivity (Wildman–Crippen MR) is 241 cm³/mol. The second-order valence-corrected chi connectivity index (χ2v) is 17.5. The third-order valence-corrected chi connectivity index (χ3v) is 13.4. The van der Waals surface area contributed by atoms with Gasteiger partial charge in [0.2, 0.25) is 0 Å². The van der Waals surface area contributed by atoms with Gasteiger partial charge >= 0.3 is 0 Å². The maximum absolute atomic E-state index is 12.8. The van der Waals surface area contributed by atoms with Gasteiger partial charge in [-0.1, -0.05) is 72.2 Å². The van der Waals surface area contributed by atoms with E-state index in [0.717, 1.165) is 130 Å². The molecule has 2 aromatic carbocycles. The fourth-order valence-corrected chi connectivity index (χ4v) is 9.63. The molecular formula is C46H53BrN12O4. The Kier molecular flexibility index (Phi) is 14.2. The Morgan fingerprint density at radius 1 is 0.778 bits per heavy atom. The highest BCUT2D eigenvalue weighted by Gasteiger charge is 2.34. The monoisotopic (exact) mass is 916 g/mol. The number of fused-ring (bicyclic) bond motifs is 2. The molecule has 0 amide bonds. The van der Waals surface area contributed by atoms with Crippen LogP contribution in [0, 0.1) is 29.7 Å². The molecule has 4 unspecified atom stereocenters. The van der Waals surface area contributed by atoms with E-state index >= 15 is 0 Å². The van der Waals surface area contributed by atoms with Crippen LogP contribution in [0.15, 0.2) is 70.5 Å². The Bertz CT molecular complexity index is 2720. The summed E-state index contributed by atoms with van der Waals surface area (Å²) >= 11 is 3.30. The number of imidazole rings is 2. The van der Waals surface area contributed by atoms with Gasteiger partial charge in [0, 0.05) is 81.6 Å². The van der Waals surface area contributed by atoms with Crippen LogP contribution < -0.4 is 16.4 Å². The first-order valence-electron chi connectivity index (χ1n) is 21.8. The van der Waals surface area contributed by atoms with Crippen molar-refractivity contribution in [2.24, 2.45) is 11.8 Å². The van der Waals surface area contributed by atoms with E-state index in [4.69, 9.17) is 31.5 Å². The fourth-order valence-electron chi connectivity index (χ4n) is 9.14. The quantitative estimate of drug-likeness (QED) is 0.123. The van der Waals surface area contributed by atoms with Gasteiger partial charge in [-0.15, -0.1) is 0 Å². The molecule has 4 aromatic heterocycles. The standard InChI is InChI=1S/C23H26N6O2.C15H21N5O2.C8H6BrN/c1-15-12-28(13-17-5-3-4-6-19(17)24-2)14-18(15)21-26-23(30)20-11-25-22(29(20)27-21)16-7-9-31-10-8-16;1-9-6-16-7-11(9)13-18-15(21)12-8-17-14(20(12)19-13)10-2-4-22-5-3-10;9-5-7-3-1-2-4-8(7)6-10/h3-6,11,15-16,18H,7-10,12-14H2,1H3,(H,26,27,30);8-11,16H,2-7H2,1H3,(H,18,19,21);1-4H,5H2. The fraction of sp³-hybridized carbons (Fsp3) is 0.478. The molecule has 10 rings (SSSR count). The minimum Gasteiger partial charge on any atom is -0.381 e. The minimum atomic E-state index is -0.139. The van der Waals surface area contributed by atoms with Gasteiger partial charge in [-0.05, 0) is 61.3 Å². The average molecular weight is 918 g/mol. The van der Waals surface area contributed by atoms with Crippen LogP contribution in [0.2, 0.25) is 0 Å². The van der Waals surface area contributed by atoms with E-state index in [0.29, 0.717) is 34.5 Å². The third kappa shape index (κ3) is 9.83. The van der Waals surface area contributed by atoms with Gasteiger partial charge in [-0.25, -0.2) is 23.8 Å². The zero-order valence-electron chi connectivity index (χ0n) is 35.7. The highest BCUT2D eigenvalue weighted by Crippen LogP contribution is 2.33. The Hall–Kier alpha value is -5.56. The molecule has 4 fully saturated rings. The molecule has 16 nitrogen and oxygen atoms in total. The molecule has 4 aliphatic heterocycles. The third-order valence-electron chi connectivity index (χ3n) is 12.8. The zero-order chi connectivity index (χ0) is 43.9. The van der Waals surface area contributed by atoms with Gasteiger partial charge in [-0.3, -0.25) is 14.5 Å². The predicted octanol–water partition coefficient (Wildman–Crippen LogP) is 6.19. The maximum atomic E-state index is 12.8. The number of benzene rings is 2. The SMILES string of the molecule is CC1CNCC1c1nn2c(C3CCOCC3)ncc2c(=O)[nH]1.N#Cc1ccccc1CBr.[C-]#[N+]c1ccccc1CN1CC(C)C(c2nn3c(C4CCOCC4)ncc3c(=O)[nH]2)C1. The van der Waals surface area contributed by atoms with E-state index in [1.165, 1.54) is 0 Å². The second kappa shape index (κ2) is 20.3. The van der Waals surface area contributed by atoms with E-state index in [1.807, 2.05) is 48.5 Å². The molecular weight excluding hydrogens is 864 g/mol. The number of alkyl halides is 1. The summed E-state index contributed by atoms with van der Waals surface area (Å²) in [5.74, 6) is 5.01. The van der Waals surface area contributed by atoms with E-state index in [9.17, 15) is 9.59 Å². The van der Waals surface area contributed by atoms with Gasteiger partial charge in [0.25, 0.3) is 11.1 Å². The number of rotatable bonds is 7. The summed E-state index contributed by atoms with van der Waals surface area (Å²) in [6.45, 7) is 19.0. The van der Waals surface area contributed by atoms with Crippen molar-refractivity contribution in [2.75, 3.05) is 52.6 Å². The number of hydrogen-bond donors (Lipinski definition) is 3. The van der Waals surface area contributed by atoms with Crippen molar-refractivity contribution in [3.63, 3.8) is 0 Å². The first-order valence-corrected chi connectivity index (χ1v) is 22.9. The van der Waals surface area contributed by atoms with Gasteiger partial charge in [-0.2, -0.15) is 15.5 Å². The van der Waals surface area contributed by atoms with Crippen LogP contribution in [0.1, 0.15) is 103 Å². The Labute approximate surface area is 374 Å². The Morgan fingerprint density at radius 3 is 1.86 bits per heavy atom. The molecule has 6 aromatic rings. The summed E-state index contributed by atoms with van der Waals surface area (Å²) in [6, 6.07) is 17.4. The van der Waals surface area contributed by atoms with Crippen molar-refractivity contribution in [3.8, 4) is 6.07 Å². The van der Waals surface area contributed by atoms with Crippen LogP contribution in [0.25, 0.3) is 15.9 Å². The zero-order valence-corrected chi connectivity index (χ0v) is 37.3. The number of nitrogens with one attached hydrogen (secondary N) is 3. The van der Waals surface area contributed by atoms with E-state index < -0.39 is 0 Å². The summed E-state index contributed by atoms with van der Waals surface area (Å²) in [7, 11) is 0. The van der Waals surface area contributed by atoms with Gasteiger partial charge in [0.15, 0.2) is 16.7 Å². The molecule has 3 N–H and O–H groups in total. The molecule has 4 saturated heterocycles. The lowest BCUT2D eigenvalue weighted by Gasteiger charge is -2.21. The van der Waals surface area contributed by atoms with Crippen molar-refractivity contribution in [1.29, 1.82) is 5.26 Å². The van der Waals surface area contributed by atoms with Crippen LogP contribution in [-0.2, 0) is 21.3 Å². The van der Waals surface area contributed by atoms with E-state index in [2.05, 4.69) is 70.8 Å². The number of para-hydroxylation sites is 1. The van der Waals surface area contributed by atoms with Gasteiger partial charge in [0.05, 0.1) is 30.6 Å². The highest BCUT2D eigenvalue weighted by atomic mass is 79.9. The molecule has 0 saturated carbocycles. The van der Waals surface area contributed by atoms with Crippen molar-refractivity contribution in [2.45, 2.75) is 75.1 Å². The molecule has 17 heteroatoms. The lowest BCUT2D eigenvalue weighted by Crippen LogP contribution is -2.24. The molecule has 4 atom stereocenters. The number of ether oxygens (including phenoxy) is 2. The number of nitrogens with zero attached hydrogens (tertiary/aromatic N) is 9. The number of likely N-dealkylation sites (tertiary alicyclic amines) is 1. The van der Waals surface area contributed by atoms with Crippen LogP contribution in [0.5, 0.6) is 0 Å². The van der Waals surface area contributed by atoms with E-state index in [-0.39, 0.29) is 28.9 Å². The van der Waals surface area contributed by atoms with Gasteiger partial charge < -0.3 is 24.8 Å². The summed E-state index contributed by atoms with van der Waals surface area (Å²) in [6.07, 6.45) is 6.94. The molecule has 8 heterocycles. The van der Waals surface area contributed by atoms with Crippen molar-refractivity contribution in [3.05, 3.63) is 133 Å². The number of nitriles is 1. The lowest BCUT2D eigenvalue weighted by atomic mass is 9.97. The molecule has 63 heavy (non-hydrogen) atoms. The summed E-state index contributed by atoms with van der Waals surface area (Å²) in [5.41, 5.74) is 4.33. The molecule has 0 bridgehead atoms. The summed E-state index contributed by atoms with van der Waals surface area (Å²) in [4.78, 5) is 46.1. The Morgan fingerprint density at radius 2 is 1.33 bits per heavy atom. The van der Waals surface area contributed by atoms with Crippen LogP contribution in [-0.4, -0.2) is 96.7 Å². The number of H-pyrrole nitrogens is 2. The normalized spacial score (nSPS) is 21.9. The van der Waals surface area contributed by atoms with Crippen LogP contribution in [0.4, 0.5) is 5.69 Å². The Balaban J connectivity index is 0.000000147. The van der Waals surface area contributed by atoms with Crippen LogP contribution >= 0.6 is 15.9 Å². The molecule has 328 valence electrons. The second-order valence-electron chi connectivity index (χ2n) is 16.9. The number of halogens is 1. The van der Waals surface area contributed by atoms with Gasteiger partial charge in [0.1, 0.15) is 23.3 Å². The average Bonchev–Trinajstić information content (AvgIpc) is 4.14. The number of hydrogen-bond acceptors (Lipinski definition) is 11. The highest BCUT2D eigenvalue weighted by molar-refractivity contribution is 9.08. The first-order chi connectivity index (χ1) is 30.8. The molecule has 0 radical (unpaired) electrons. The smallest absolute Gasteiger partial charge is 0.276 e. The topological polar surface area (TPSA) is 188 Å². The minimum absolute atomic E-state index is 0.102. The first kappa shape index (κ1) is 44.1. The summed E-state index contributed by atoms with van der Waals surface area (Å²) < 4.78 is 14.4. The van der Waals surface area contributed by atoms with E-state index in [1.54, 1.807) is 21.4 Å². The molecule has 4 aliphatic rings.